The van der Waals surface area contributed by atoms with E-state index in [1.54, 1.807) is 0 Å². The molecule has 0 radical (unpaired) electrons. The zero-order chi connectivity index (χ0) is 20.8. The smallest absolute Gasteiger partial charge is 0.322 e. The number of carbonyl (C=O) groups excluding carboxylic acids is 2. The molecule has 0 aromatic heterocycles. The van der Waals surface area contributed by atoms with Gasteiger partial charge in [0.1, 0.15) is 19.0 Å². The number of carboxylic acid groups (broad SMARTS) is 1. The van der Waals surface area contributed by atoms with Gasteiger partial charge < -0.3 is 20.5 Å². The van der Waals surface area contributed by atoms with Gasteiger partial charge in [-0.2, -0.15) is 0 Å². The summed E-state index contributed by atoms with van der Waals surface area (Å²) in [6.07, 6.45) is 0. The Balaban J connectivity index is 2.15. The number of halogens is 3. The Morgan fingerprint density at radius 2 is 1.75 bits per heavy atom. The number of nitrogens with one attached hydrogen (secondary N) is 2. The number of rotatable bonds is 7. The van der Waals surface area contributed by atoms with Crippen molar-refractivity contribution in [2.45, 2.75) is 13.5 Å². The second-order valence-electron chi connectivity index (χ2n) is 5.66. The predicted molar refractivity (Wildman–Crippen MR) is 101 cm³/mol. The highest BCUT2D eigenvalue weighted by molar-refractivity contribution is 6.37. The number of hydrogen-bond donors (Lipinski definition) is 3. The Morgan fingerprint density at radius 1 is 1.11 bits per heavy atom. The van der Waals surface area contributed by atoms with E-state index in [1.165, 1.54) is 31.2 Å². The molecule has 2 rings (SSSR count). The van der Waals surface area contributed by atoms with Crippen LogP contribution in [0.15, 0.2) is 30.3 Å². The predicted octanol–water partition coefficient (Wildman–Crippen LogP) is 3.48. The Bertz CT molecular complexity index is 913. The zero-order valence-corrected chi connectivity index (χ0v) is 16.0. The van der Waals surface area contributed by atoms with E-state index in [1.807, 2.05) is 0 Å². The SMILES string of the molecule is CC(=O)Nc1cc(F)cc(COc2c(Cl)cc(C(=O)NCC(=O)O)cc2Cl)c1. The van der Waals surface area contributed by atoms with Gasteiger partial charge in [-0.15, -0.1) is 0 Å². The van der Waals surface area contributed by atoms with Crippen molar-refractivity contribution in [1.29, 1.82) is 0 Å². The quantitative estimate of drug-likeness (QED) is 0.625. The Hall–Kier alpha value is -2.84. The lowest BCUT2D eigenvalue weighted by atomic mass is 10.2. The molecule has 7 nitrogen and oxygen atoms in total. The molecule has 0 spiro atoms. The average molecular weight is 429 g/mol. The van der Waals surface area contributed by atoms with Gasteiger partial charge in [0.15, 0.2) is 5.75 Å². The van der Waals surface area contributed by atoms with E-state index in [-0.39, 0.29) is 39.6 Å². The van der Waals surface area contributed by atoms with Crippen LogP contribution in [0.4, 0.5) is 10.1 Å². The van der Waals surface area contributed by atoms with Gasteiger partial charge in [-0.3, -0.25) is 14.4 Å². The maximum Gasteiger partial charge on any atom is 0.322 e. The first-order chi connectivity index (χ1) is 13.2. The highest BCUT2D eigenvalue weighted by Gasteiger charge is 2.15. The molecule has 0 aliphatic heterocycles. The first-order valence-corrected chi connectivity index (χ1v) is 8.60. The molecule has 0 atom stereocenters. The fourth-order valence-electron chi connectivity index (χ4n) is 2.25. The van der Waals surface area contributed by atoms with Crippen LogP contribution in [0, 0.1) is 5.82 Å². The number of hydrogen-bond acceptors (Lipinski definition) is 4. The van der Waals surface area contributed by atoms with E-state index in [0.717, 1.165) is 6.07 Å². The summed E-state index contributed by atoms with van der Waals surface area (Å²) in [5.74, 6) is -2.70. The van der Waals surface area contributed by atoms with Crippen molar-refractivity contribution in [3.63, 3.8) is 0 Å². The first kappa shape index (κ1) is 21.5. The maximum absolute atomic E-state index is 13.7. The van der Waals surface area contributed by atoms with Crippen molar-refractivity contribution in [2.75, 3.05) is 11.9 Å². The second kappa shape index (κ2) is 9.38. The van der Waals surface area contributed by atoms with E-state index < -0.39 is 24.2 Å². The van der Waals surface area contributed by atoms with Crippen LogP contribution in [0.2, 0.25) is 10.0 Å². The molecule has 0 fully saturated rings. The molecule has 10 heteroatoms. The van der Waals surface area contributed by atoms with Crippen molar-refractivity contribution in [1.82, 2.24) is 5.32 Å². The molecule has 28 heavy (non-hydrogen) atoms. The molecule has 0 saturated carbocycles. The van der Waals surface area contributed by atoms with Crippen molar-refractivity contribution in [2.24, 2.45) is 0 Å². The molecular formula is C18H15Cl2FN2O5. The van der Waals surface area contributed by atoms with Crippen LogP contribution < -0.4 is 15.4 Å². The summed E-state index contributed by atoms with van der Waals surface area (Å²) < 4.78 is 19.2. The number of anilines is 1. The molecule has 2 amide bonds. The number of aliphatic carboxylic acids is 1. The van der Waals surface area contributed by atoms with Crippen LogP contribution in [0.3, 0.4) is 0 Å². The fraction of sp³-hybridized carbons (Fsp3) is 0.167. The second-order valence-corrected chi connectivity index (χ2v) is 6.48. The van der Waals surface area contributed by atoms with Gasteiger partial charge in [0, 0.05) is 18.2 Å². The number of amides is 2. The minimum atomic E-state index is -1.20. The highest BCUT2D eigenvalue weighted by atomic mass is 35.5. The standard InChI is InChI=1S/C18H15Cl2FN2O5/c1-9(24)23-13-3-10(2-12(21)6-13)8-28-17-14(19)4-11(5-15(17)20)18(27)22-7-16(25)26/h2-6H,7-8H2,1H3,(H,22,27)(H,23,24)(H,25,26). The van der Waals surface area contributed by atoms with Crippen LogP contribution in [0.25, 0.3) is 0 Å². The zero-order valence-electron chi connectivity index (χ0n) is 14.5. The lowest BCUT2D eigenvalue weighted by Crippen LogP contribution is -2.29. The summed E-state index contributed by atoms with van der Waals surface area (Å²) in [6, 6.07) is 6.46. The Morgan fingerprint density at radius 3 is 2.32 bits per heavy atom. The molecule has 2 aromatic carbocycles. The van der Waals surface area contributed by atoms with Crippen molar-refractivity contribution >= 4 is 46.7 Å². The first-order valence-electron chi connectivity index (χ1n) is 7.84. The summed E-state index contributed by atoms with van der Waals surface area (Å²) in [4.78, 5) is 33.5. The van der Waals surface area contributed by atoms with Gasteiger partial charge in [-0.05, 0) is 35.9 Å². The third-order valence-electron chi connectivity index (χ3n) is 3.32. The summed E-state index contributed by atoms with van der Waals surface area (Å²) in [7, 11) is 0. The van der Waals surface area contributed by atoms with Crippen LogP contribution in [-0.4, -0.2) is 29.4 Å². The van der Waals surface area contributed by atoms with Gasteiger partial charge in [0.05, 0.1) is 10.0 Å². The van der Waals surface area contributed by atoms with E-state index in [9.17, 15) is 18.8 Å². The van der Waals surface area contributed by atoms with Crippen LogP contribution in [0.1, 0.15) is 22.8 Å². The summed E-state index contributed by atoms with van der Waals surface area (Å²) in [6.45, 7) is 0.645. The molecule has 0 aliphatic carbocycles. The monoisotopic (exact) mass is 428 g/mol. The van der Waals surface area contributed by atoms with Gasteiger partial charge in [0.2, 0.25) is 5.91 Å². The van der Waals surface area contributed by atoms with E-state index in [4.69, 9.17) is 33.0 Å². The molecule has 0 saturated heterocycles. The average Bonchev–Trinajstić information content (AvgIpc) is 2.57. The molecule has 148 valence electrons. The normalized spacial score (nSPS) is 10.3. The largest absolute Gasteiger partial charge is 0.486 e. The van der Waals surface area contributed by atoms with Gasteiger partial charge in [0.25, 0.3) is 5.91 Å². The summed E-state index contributed by atoms with van der Waals surface area (Å²) in [5.41, 5.74) is 0.746. The minimum absolute atomic E-state index is 0.0199. The number of carboxylic acids is 1. The third kappa shape index (κ3) is 6.11. The lowest BCUT2D eigenvalue weighted by molar-refractivity contribution is -0.135. The van der Waals surface area contributed by atoms with E-state index >= 15 is 0 Å². The molecule has 3 N–H and O–H groups in total. The fourth-order valence-corrected chi connectivity index (χ4v) is 2.85. The highest BCUT2D eigenvalue weighted by Crippen LogP contribution is 2.35. The Labute approximate surface area is 169 Å². The molecule has 0 heterocycles. The van der Waals surface area contributed by atoms with E-state index in [0.29, 0.717) is 5.56 Å². The maximum atomic E-state index is 13.7. The number of ether oxygens (including phenoxy) is 1. The summed E-state index contributed by atoms with van der Waals surface area (Å²) in [5, 5.41) is 13.3. The molecule has 2 aromatic rings. The van der Waals surface area contributed by atoms with Gasteiger partial charge >= 0.3 is 5.97 Å². The van der Waals surface area contributed by atoms with Crippen molar-refractivity contribution < 1.29 is 28.6 Å². The van der Waals surface area contributed by atoms with Crippen molar-refractivity contribution in [3.05, 3.63) is 57.3 Å². The molecule has 0 unspecified atom stereocenters. The molecular weight excluding hydrogens is 414 g/mol. The van der Waals surface area contributed by atoms with Gasteiger partial charge in [-0.25, -0.2) is 4.39 Å². The van der Waals surface area contributed by atoms with Gasteiger partial charge in [-0.1, -0.05) is 23.2 Å². The Kier molecular flexibility index (Phi) is 7.19. The van der Waals surface area contributed by atoms with Crippen molar-refractivity contribution in [3.8, 4) is 5.75 Å². The third-order valence-corrected chi connectivity index (χ3v) is 3.88. The van der Waals surface area contributed by atoms with E-state index in [2.05, 4.69) is 10.6 Å². The topological polar surface area (TPSA) is 105 Å². The van der Waals surface area contributed by atoms with Crippen LogP contribution >= 0.6 is 23.2 Å². The van der Waals surface area contributed by atoms with Crippen LogP contribution in [-0.2, 0) is 16.2 Å². The lowest BCUT2D eigenvalue weighted by Gasteiger charge is -2.13. The number of benzene rings is 2. The summed E-state index contributed by atoms with van der Waals surface area (Å²) >= 11 is 12.2. The molecule has 0 aliphatic rings. The molecule has 0 bridgehead atoms. The number of carbonyl (C=O) groups is 3. The van der Waals surface area contributed by atoms with Crippen LogP contribution in [0.5, 0.6) is 5.75 Å². The minimum Gasteiger partial charge on any atom is -0.486 e.